The van der Waals surface area contributed by atoms with Gasteiger partial charge in [-0.05, 0) is 42.0 Å². The smallest absolute Gasteiger partial charge is 0.286 e. The first-order valence-corrected chi connectivity index (χ1v) is 7.04. The van der Waals surface area contributed by atoms with Crippen molar-refractivity contribution in [2.45, 2.75) is 13.3 Å². The van der Waals surface area contributed by atoms with Crippen molar-refractivity contribution in [3.63, 3.8) is 0 Å². The average molecular weight is 292 g/mol. The monoisotopic (exact) mass is 292 g/mol. The molecule has 2 rings (SSSR count). The van der Waals surface area contributed by atoms with Crippen molar-refractivity contribution in [2.24, 2.45) is 10.7 Å². The fraction of sp³-hybridized carbons (Fsp3) is 0.286. The van der Waals surface area contributed by atoms with Gasteiger partial charge >= 0.3 is 0 Å². The number of amides is 1. The number of nitrogens with two attached hydrogens (primary N) is 1. The molecule has 0 aromatic heterocycles. The number of amidine groups is 1. The third-order valence-electron chi connectivity index (χ3n) is 2.58. The minimum Gasteiger partial charge on any atom is -0.493 e. The second-order valence-corrected chi connectivity index (χ2v) is 5.19. The summed E-state index contributed by atoms with van der Waals surface area (Å²) in [4.78, 5) is 15.7. The first-order valence-electron chi connectivity index (χ1n) is 6.23. The van der Waals surface area contributed by atoms with E-state index in [1.165, 1.54) is 11.8 Å². The van der Waals surface area contributed by atoms with E-state index in [1.54, 1.807) is 13.2 Å². The number of hydrogen-bond acceptors (Lipinski definition) is 5. The Morgan fingerprint density at radius 1 is 1.40 bits per heavy atom. The second-order valence-electron chi connectivity index (χ2n) is 4.12. The Kier molecular flexibility index (Phi) is 4.68. The van der Waals surface area contributed by atoms with E-state index in [-0.39, 0.29) is 11.1 Å². The summed E-state index contributed by atoms with van der Waals surface area (Å²) < 4.78 is 10.9. The van der Waals surface area contributed by atoms with Crippen LogP contribution < -0.4 is 15.2 Å². The van der Waals surface area contributed by atoms with Gasteiger partial charge in [0.15, 0.2) is 16.7 Å². The number of nitrogens with zero attached hydrogens (tertiary/aromatic N) is 1. The van der Waals surface area contributed by atoms with Gasteiger partial charge in [0.2, 0.25) is 0 Å². The summed E-state index contributed by atoms with van der Waals surface area (Å²) in [6.07, 6.45) is 2.67. The lowest BCUT2D eigenvalue weighted by atomic mass is 10.2. The maximum absolute atomic E-state index is 11.5. The van der Waals surface area contributed by atoms with Crippen LogP contribution in [0.2, 0.25) is 0 Å². The van der Waals surface area contributed by atoms with Crippen LogP contribution in [0.5, 0.6) is 11.5 Å². The Morgan fingerprint density at radius 2 is 2.20 bits per heavy atom. The quantitative estimate of drug-likeness (QED) is 0.844. The summed E-state index contributed by atoms with van der Waals surface area (Å²) in [7, 11) is 1.58. The van der Waals surface area contributed by atoms with Crippen molar-refractivity contribution in [3.05, 3.63) is 28.7 Å². The molecule has 106 valence electrons. The topological polar surface area (TPSA) is 73.9 Å². The minimum atomic E-state index is -0.308. The van der Waals surface area contributed by atoms with Crippen molar-refractivity contribution in [1.82, 2.24) is 0 Å². The molecule has 0 spiro atoms. The van der Waals surface area contributed by atoms with E-state index in [1.807, 2.05) is 25.1 Å². The highest BCUT2D eigenvalue weighted by molar-refractivity contribution is 8.18. The maximum Gasteiger partial charge on any atom is 0.286 e. The van der Waals surface area contributed by atoms with Crippen LogP contribution in [0.25, 0.3) is 6.08 Å². The van der Waals surface area contributed by atoms with Crippen LogP contribution >= 0.6 is 11.8 Å². The Morgan fingerprint density at radius 3 is 2.80 bits per heavy atom. The first kappa shape index (κ1) is 14.5. The molecular formula is C14H16N2O3S. The second kappa shape index (κ2) is 6.47. The third kappa shape index (κ3) is 3.33. The summed E-state index contributed by atoms with van der Waals surface area (Å²) in [5.41, 5.74) is 6.35. The molecule has 1 amide bonds. The standard InChI is InChI=1S/C14H16N2O3S/c1-3-6-19-10-5-4-9(7-11(10)18-2)8-12-13(17)16-14(15)20-12/h4-5,7-8H,3,6H2,1-2H3,(H2,15,16,17). The number of thioether (sulfide) groups is 1. The van der Waals surface area contributed by atoms with Gasteiger partial charge in [-0.15, -0.1) is 0 Å². The molecular weight excluding hydrogens is 276 g/mol. The van der Waals surface area contributed by atoms with Crippen molar-refractivity contribution in [2.75, 3.05) is 13.7 Å². The van der Waals surface area contributed by atoms with E-state index >= 15 is 0 Å². The molecule has 0 saturated carbocycles. The van der Waals surface area contributed by atoms with Crippen LogP contribution in [0, 0.1) is 0 Å². The number of carbonyl (C=O) groups is 1. The maximum atomic E-state index is 11.5. The number of ether oxygens (including phenoxy) is 2. The molecule has 0 radical (unpaired) electrons. The van der Waals surface area contributed by atoms with Gasteiger partial charge in [0.1, 0.15) is 0 Å². The first-order chi connectivity index (χ1) is 9.63. The van der Waals surface area contributed by atoms with Gasteiger partial charge in [0.05, 0.1) is 18.6 Å². The highest BCUT2D eigenvalue weighted by atomic mass is 32.2. The molecule has 20 heavy (non-hydrogen) atoms. The SMILES string of the molecule is CCCOc1ccc(C=C2SC(N)=NC2=O)cc1OC. The fourth-order valence-electron chi connectivity index (χ4n) is 1.68. The molecule has 0 atom stereocenters. The number of aliphatic imine (C=N–C) groups is 1. The summed E-state index contributed by atoms with van der Waals surface area (Å²) in [5, 5.41) is 0.274. The van der Waals surface area contributed by atoms with Crippen LogP contribution in [0.4, 0.5) is 0 Å². The zero-order chi connectivity index (χ0) is 14.5. The van der Waals surface area contributed by atoms with Crippen LogP contribution in [-0.4, -0.2) is 24.8 Å². The molecule has 0 fully saturated rings. The Balaban J connectivity index is 2.22. The zero-order valence-electron chi connectivity index (χ0n) is 11.4. The highest BCUT2D eigenvalue weighted by Gasteiger charge is 2.19. The summed E-state index contributed by atoms with van der Waals surface area (Å²) >= 11 is 1.17. The van der Waals surface area contributed by atoms with Gasteiger partial charge in [-0.2, -0.15) is 4.99 Å². The Labute approximate surface area is 121 Å². The average Bonchev–Trinajstić information content (AvgIpc) is 2.75. The van der Waals surface area contributed by atoms with Gasteiger partial charge in [-0.3, -0.25) is 4.79 Å². The van der Waals surface area contributed by atoms with Gasteiger partial charge in [-0.1, -0.05) is 13.0 Å². The summed E-state index contributed by atoms with van der Waals surface area (Å²) in [6.45, 7) is 2.67. The van der Waals surface area contributed by atoms with Crippen molar-refractivity contribution >= 4 is 28.9 Å². The lowest BCUT2D eigenvalue weighted by Crippen LogP contribution is -2.01. The number of hydrogen-bond donors (Lipinski definition) is 1. The van der Waals surface area contributed by atoms with E-state index < -0.39 is 0 Å². The molecule has 2 N–H and O–H groups in total. The van der Waals surface area contributed by atoms with Gasteiger partial charge < -0.3 is 15.2 Å². The number of carbonyl (C=O) groups excluding carboxylic acids is 1. The Hall–Kier alpha value is -1.95. The molecule has 1 aromatic rings. The molecule has 5 nitrogen and oxygen atoms in total. The predicted octanol–water partition coefficient (Wildman–Crippen LogP) is 2.41. The van der Waals surface area contributed by atoms with Gasteiger partial charge in [0.25, 0.3) is 5.91 Å². The number of methoxy groups -OCH3 is 1. The minimum absolute atomic E-state index is 0.274. The molecule has 1 aromatic carbocycles. The normalized spacial score (nSPS) is 16.4. The van der Waals surface area contributed by atoms with Crippen LogP contribution in [-0.2, 0) is 4.79 Å². The van der Waals surface area contributed by atoms with Gasteiger partial charge in [0, 0.05) is 0 Å². The largest absolute Gasteiger partial charge is 0.493 e. The lowest BCUT2D eigenvalue weighted by molar-refractivity contribution is -0.113. The summed E-state index contributed by atoms with van der Waals surface area (Å²) in [5.74, 6) is 1.02. The molecule has 0 unspecified atom stereocenters. The molecule has 1 heterocycles. The fourth-order valence-corrected chi connectivity index (χ4v) is 2.36. The Bertz CT molecular complexity index is 582. The van der Waals surface area contributed by atoms with Crippen LogP contribution in [0.15, 0.2) is 28.1 Å². The number of rotatable bonds is 5. The van der Waals surface area contributed by atoms with Crippen LogP contribution in [0.1, 0.15) is 18.9 Å². The van der Waals surface area contributed by atoms with E-state index in [0.717, 1.165) is 12.0 Å². The molecule has 6 heteroatoms. The molecule has 0 bridgehead atoms. The van der Waals surface area contributed by atoms with Crippen molar-refractivity contribution < 1.29 is 14.3 Å². The van der Waals surface area contributed by atoms with E-state index in [2.05, 4.69) is 4.99 Å². The third-order valence-corrected chi connectivity index (χ3v) is 3.40. The van der Waals surface area contributed by atoms with Gasteiger partial charge in [-0.25, -0.2) is 0 Å². The van der Waals surface area contributed by atoms with Crippen LogP contribution in [0.3, 0.4) is 0 Å². The zero-order valence-corrected chi connectivity index (χ0v) is 12.2. The lowest BCUT2D eigenvalue weighted by Gasteiger charge is -2.10. The van der Waals surface area contributed by atoms with Crippen molar-refractivity contribution in [1.29, 1.82) is 0 Å². The van der Waals surface area contributed by atoms with Crippen molar-refractivity contribution in [3.8, 4) is 11.5 Å². The number of benzene rings is 1. The predicted molar refractivity (Wildman–Crippen MR) is 81.0 cm³/mol. The highest BCUT2D eigenvalue weighted by Crippen LogP contribution is 2.31. The molecule has 0 saturated heterocycles. The van der Waals surface area contributed by atoms with E-state index in [9.17, 15) is 4.79 Å². The molecule has 1 aliphatic heterocycles. The molecule has 0 aliphatic carbocycles. The van der Waals surface area contributed by atoms with E-state index in [4.69, 9.17) is 15.2 Å². The summed E-state index contributed by atoms with van der Waals surface area (Å²) in [6, 6.07) is 5.51. The molecule has 1 aliphatic rings. The van der Waals surface area contributed by atoms with E-state index in [0.29, 0.717) is 23.0 Å².